The molecule has 11 heteroatoms. The van der Waals surface area contributed by atoms with E-state index in [1.165, 1.54) is 0 Å². The molecule has 2 N–H and O–H groups in total. The Morgan fingerprint density at radius 1 is 1.12 bits per heavy atom. The first-order valence-electron chi connectivity index (χ1n) is 10.6. The number of alkyl halides is 3. The highest BCUT2D eigenvalue weighted by Gasteiger charge is 2.36. The minimum absolute atomic E-state index is 0.0468. The Kier molecular flexibility index (Phi) is 6.18. The fraction of sp³-hybridized carbons (Fsp3) is 0.524. The third-order valence-corrected chi connectivity index (χ3v) is 6.32. The molecule has 172 valence electrons. The molecule has 32 heavy (non-hydrogen) atoms. The van der Waals surface area contributed by atoms with Crippen LogP contribution in [0.25, 0.3) is 0 Å². The van der Waals surface area contributed by atoms with Crippen molar-refractivity contribution in [1.29, 1.82) is 0 Å². The average molecular weight is 450 g/mol. The van der Waals surface area contributed by atoms with Crippen LogP contribution in [0.5, 0.6) is 0 Å². The van der Waals surface area contributed by atoms with Crippen molar-refractivity contribution in [2.45, 2.75) is 37.4 Å². The molecule has 2 aliphatic rings. The number of carbonyl (C=O) groups excluding carboxylic acids is 1. The predicted molar refractivity (Wildman–Crippen MR) is 112 cm³/mol. The minimum atomic E-state index is -4.70. The third-order valence-electron chi connectivity index (χ3n) is 6.32. The number of halogens is 3. The lowest BCUT2D eigenvalue weighted by atomic mass is 10.1. The van der Waals surface area contributed by atoms with E-state index in [-0.39, 0.29) is 11.8 Å². The molecule has 1 aliphatic heterocycles. The number of aromatic nitrogens is 3. The summed E-state index contributed by atoms with van der Waals surface area (Å²) in [5.74, 6) is 0.0712. The molecule has 8 nitrogen and oxygen atoms in total. The lowest BCUT2D eigenvalue weighted by Gasteiger charge is -2.39. The van der Waals surface area contributed by atoms with Crippen molar-refractivity contribution in [2.24, 2.45) is 0 Å². The van der Waals surface area contributed by atoms with Gasteiger partial charge in [0.05, 0.1) is 11.9 Å². The van der Waals surface area contributed by atoms with Gasteiger partial charge in [-0.15, -0.1) is 0 Å². The molecule has 0 bridgehead atoms. The maximum atomic E-state index is 12.8. The first-order chi connectivity index (χ1) is 15.3. The van der Waals surface area contributed by atoms with E-state index >= 15 is 0 Å². The van der Waals surface area contributed by atoms with Gasteiger partial charge in [0.15, 0.2) is 0 Å². The van der Waals surface area contributed by atoms with Gasteiger partial charge in [-0.1, -0.05) is 0 Å². The van der Waals surface area contributed by atoms with E-state index in [0.717, 1.165) is 51.1 Å². The summed E-state index contributed by atoms with van der Waals surface area (Å²) in [5, 5.41) is 2.55. The summed E-state index contributed by atoms with van der Waals surface area (Å²) in [6, 6.07) is 3.91. The van der Waals surface area contributed by atoms with Crippen molar-refractivity contribution < 1.29 is 18.0 Å². The molecule has 2 atom stereocenters. The molecule has 0 spiro atoms. The van der Waals surface area contributed by atoms with Gasteiger partial charge in [-0.25, -0.2) is 9.97 Å². The second-order valence-corrected chi connectivity index (χ2v) is 8.18. The summed E-state index contributed by atoms with van der Waals surface area (Å²) in [6.07, 6.45) is 0.107. The van der Waals surface area contributed by atoms with E-state index < -0.39 is 17.3 Å². The fourth-order valence-electron chi connectivity index (χ4n) is 4.54. The summed E-state index contributed by atoms with van der Waals surface area (Å²) in [7, 11) is 1.57. The van der Waals surface area contributed by atoms with Crippen molar-refractivity contribution in [1.82, 2.24) is 25.2 Å². The standard InChI is InChI=1S/C21H25F3N6O2/c1-25-20(32)17-5-4-15(11-26-17)30-8-6-29(7-9-30)14-3-2-13(10-14)18-27-12-16(19(31)28-18)21(22,23)24/h4-5,11-14H,2-3,6-10H2,1H3,(H,25,32)(H,27,28,31)/t13-,14+/m1/s1. The van der Waals surface area contributed by atoms with E-state index in [1.807, 2.05) is 6.07 Å². The van der Waals surface area contributed by atoms with Gasteiger partial charge < -0.3 is 15.2 Å². The van der Waals surface area contributed by atoms with Crippen molar-refractivity contribution in [3.05, 3.63) is 52.0 Å². The molecule has 2 fully saturated rings. The van der Waals surface area contributed by atoms with Gasteiger partial charge in [0, 0.05) is 51.4 Å². The number of anilines is 1. The Morgan fingerprint density at radius 2 is 1.88 bits per heavy atom. The molecular formula is C21H25F3N6O2. The summed E-state index contributed by atoms with van der Waals surface area (Å²) < 4.78 is 38.4. The number of aromatic amines is 1. The van der Waals surface area contributed by atoms with Crippen molar-refractivity contribution in [3.8, 4) is 0 Å². The highest BCUT2D eigenvalue weighted by Crippen LogP contribution is 2.36. The largest absolute Gasteiger partial charge is 0.423 e. The zero-order valence-electron chi connectivity index (χ0n) is 17.7. The Morgan fingerprint density at radius 3 is 2.47 bits per heavy atom. The van der Waals surface area contributed by atoms with Gasteiger partial charge in [0.2, 0.25) is 0 Å². The van der Waals surface area contributed by atoms with E-state index in [0.29, 0.717) is 23.8 Å². The first kappa shape index (κ1) is 22.3. The van der Waals surface area contributed by atoms with Crippen LogP contribution in [-0.4, -0.2) is 65.0 Å². The molecule has 1 saturated heterocycles. The van der Waals surface area contributed by atoms with Crippen LogP contribution in [-0.2, 0) is 6.18 Å². The van der Waals surface area contributed by atoms with Crippen LogP contribution in [0, 0.1) is 0 Å². The molecule has 0 radical (unpaired) electrons. The van der Waals surface area contributed by atoms with E-state index in [4.69, 9.17) is 0 Å². The number of nitrogens with zero attached hydrogens (tertiary/aromatic N) is 4. The Labute approximate surface area is 182 Å². The van der Waals surface area contributed by atoms with Gasteiger partial charge in [-0.05, 0) is 31.4 Å². The second kappa shape index (κ2) is 8.89. The number of hydrogen-bond acceptors (Lipinski definition) is 6. The summed E-state index contributed by atoms with van der Waals surface area (Å²) >= 11 is 0. The lowest BCUT2D eigenvalue weighted by molar-refractivity contribution is -0.139. The smallest absolute Gasteiger partial charge is 0.368 e. The number of carbonyl (C=O) groups is 1. The van der Waals surface area contributed by atoms with Gasteiger partial charge in [0.25, 0.3) is 11.5 Å². The van der Waals surface area contributed by atoms with Crippen LogP contribution in [0.1, 0.15) is 47.1 Å². The number of piperazine rings is 1. The number of pyridine rings is 1. The number of nitrogens with one attached hydrogen (secondary N) is 2. The SMILES string of the molecule is CNC(=O)c1ccc(N2CCN([C@H]3CC[C@@H](c4ncc(C(F)(F)F)c(=O)[nH]4)C3)CC2)cn1. The van der Waals surface area contributed by atoms with Gasteiger partial charge in [0.1, 0.15) is 17.1 Å². The number of H-pyrrole nitrogens is 1. The summed E-state index contributed by atoms with van der Waals surface area (Å²) in [6.45, 7) is 3.34. The molecular weight excluding hydrogens is 425 g/mol. The average Bonchev–Trinajstić information content (AvgIpc) is 3.28. The number of rotatable bonds is 4. The first-order valence-corrected chi connectivity index (χ1v) is 10.6. The van der Waals surface area contributed by atoms with Crippen LogP contribution in [0.2, 0.25) is 0 Å². The zero-order chi connectivity index (χ0) is 22.9. The Bertz CT molecular complexity index is 1020. The molecule has 0 unspecified atom stereocenters. The summed E-state index contributed by atoms with van der Waals surface area (Å²) in [4.78, 5) is 38.5. The zero-order valence-corrected chi connectivity index (χ0v) is 17.7. The van der Waals surface area contributed by atoms with Gasteiger partial charge in [-0.2, -0.15) is 13.2 Å². The number of hydrogen-bond donors (Lipinski definition) is 2. The molecule has 1 saturated carbocycles. The molecule has 3 heterocycles. The number of amides is 1. The molecule has 4 rings (SSSR count). The second-order valence-electron chi connectivity index (χ2n) is 8.18. The minimum Gasteiger partial charge on any atom is -0.368 e. The van der Waals surface area contributed by atoms with Crippen molar-refractivity contribution in [3.63, 3.8) is 0 Å². The van der Waals surface area contributed by atoms with Crippen LogP contribution < -0.4 is 15.8 Å². The fourth-order valence-corrected chi connectivity index (χ4v) is 4.54. The van der Waals surface area contributed by atoms with Gasteiger partial charge >= 0.3 is 6.18 Å². The quantitative estimate of drug-likeness (QED) is 0.740. The maximum absolute atomic E-state index is 12.8. The lowest BCUT2D eigenvalue weighted by Crippen LogP contribution is -2.49. The highest BCUT2D eigenvalue weighted by molar-refractivity contribution is 5.92. The highest BCUT2D eigenvalue weighted by atomic mass is 19.4. The van der Waals surface area contributed by atoms with Crippen molar-refractivity contribution in [2.75, 3.05) is 38.1 Å². The topological polar surface area (TPSA) is 94.2 Å². The molecule has 2 aromatic rings. The van der Waals surface area contributed by atoms with E-state index in [2.05, 4.69) is 30.1 Å². The van der Waals surface area contributed by atoms with Gasteiger partial charge in [-0.3, -0.25) is 14.5 Å². The molecule has 2 aromatic heterocycles. The van der Waals surface area contributed by atoms with Crippen LogP contribution >= 0.6 is 0 Å². The van der Waals surface area contributed by atoms with E-state index in [9.17, 15) is 22.8 Å². The maximum Gasteiger partial charge on any atom is 0.423 e. The van der Waals surface area contributed by atoms with Crippen LogP contribution in [0.4, 0.5) is 18.9 Å². The monoisotopic (exact) mass is 450 g/mol. The predicted octanol–water partition coefficient (Wildman–Crippen LogP) is 2.00. The van der Waals surface area contributed by atoms with E-state index in [1.54, 1.807) is 19.3 Å². The molecule has 1 amide bonds. The molecule has 0 aromatic carbocycles. The Balaban J connectivity index is 1.33. The van der Waals surface area contributed by atoms with Crippen LogP contribution in [0.3, 0.4) is 0 Å². The normalized spacial score (nSPS) is 22.2. The third kappa shape index (κ3) is 4.62. The van der Waals surface area contributed by atoms with Crippen LogP contribution in [0.15, 0.2) is 29.3 Å². The molecule has 1 aliphatic carbocycles. The Hall–Kier alpha value is -2.95. The summed E-state index contributed by atoms with van der Waals surface area (Å²) in [5.41, 5.74) is -1.05. The van der Waals surface area contributed by atoms with Crippen molar-refractivity contribution >= 4 is 11.6 Å².